The van der Waals surface area contributed by atoms with Gasteiger partial charge in [0.1, 0.15) is 0 Å². The van der Waals surface area contributed by atoms with Gasteiger partial charge in [-0.15, -0.1) is 11.3 Å². The van der Waals surface area contributed by atoms with E-state index in [0.29, 0.717) is 18.5 Å². The molecule has 2 unspecified atom stereocenters. The first kappa shape index (κ1) is 13.0. The zero-order valence-corrected chi connectivity index (χ0v) is 11.7. The van der Waals surface area contributed by atoms with Crippen LogP contribution in [0.2, 0.25) is 0 Å². The first-order chi connectivity index (χ1) is 8.24. The highest BCUT2D eigenvalue weighted by Gasteiger charge is 2.24. The van der Waals surface area contributed by atoms with Crippen molar-refractivity contribution in [3.05, 3.63) is 16.1 Å². The van der Waals surface area contributed by atoms with Crippen molar-refractivity contribution >= 4 is 11.3 Å². The summed E-state index contributed by atoms with van der Waals surface area (Å²) in [6.45, 7) is 7.52. The van der Waals surface area contributed by atoms with Crippen molar-refractivity contribution in [1.82, 2.24) is 9.88 Å². The third kappa shape index (κ3) is 3.06. The standard InChI is InChI=1S/C13H23N3S/c1-3-16-6-4-5-11(16)7-13-15-12(9-17-13)10(2)8-14/h9-11H,3-8,14H2,1-2H3. The Morgan fingerprint density at radius 2 is 2.47 bits per heavy atom. The maximum atomic E-state index is 5.68. The lowest BCUT2D eigenvalue weighted by molar-refractivity contribution is 0.266. The van der Waals surface area contributed by atoms with Gasteiger partial charge in [-0.1, -0.05) is 13.8 Å². The van der Waals surface area contributed by atoms with Crippen LogP contribution < -0.4 is 5.73 Å². The smallest absolute Gasteiger partial charge is 0.0943 e. The second kappa shape index (κ2) is 5.94. The summed E-state index contributed by atoms with van der Waals surface area (Å²) in [5.74, 6) is 0.394. The van der Waals surface area contributed by atoms with Crippen molar-refractivity contribution in [1.29, 1.82) is 0 Å². The molecular formula is C13H23N3S. The molecular weight excluding hydrogens is 230 g/mol. The summed E-state index contributed by atoms with van der Waals surface area (Å²) >= 11 is 1.80. The van der Waals surface area contributed by atoms with Gasteiger partial charge in [-0.3, -0.25) is 0 Å². The highest BCUT2D eigenvalue weighted by molar-refractivity contribution is 7.09. The fourth-order valence-electron chi connectivity index (χ4n) is 2.51. The van der Waals surface area contributed by atoms with Crippen LogP contribution in [0.5, 0.6) is 0 Å². The predicted molar refractivity (Wildman–Crippen MR) is 73.6 cm³/mol. The molecule has 0 spiro atoms. The van der Waals surface area contributed by atoms with Crippen molar-refractivity contribution < 1.29 is 0 Å². The number of likely N-dealkylation sites (N-methyl/N-ethyl adjacent to an activating group) is 1. The van der Waals surface area contributed by atoms with E-state index < -0.39 is 0 Å². The molecule has 1 aliphatic heterocycles. The number of likely N-dealkylation sites (tertiary alicyclic amines) is 1. The van der Waals surface area contributed by atoms with Crippen molar-refractivity contribution in [3.8, 4) is 0 Å². The molecule has 0 aromatic carbocycles. The Balaban J connectivity index is 1.96. The van der Waals surface area contributed by atoms with Gasteiger partial charge in [0.15, 0.2) is 0 Å². The van der Waals surface area contributed by atoms with Crippen LogP contribution in [-0.2, 0) is 6.42 Å². The van der Waals surface area contributed by atoms with Crippen LogP contribution in [0.1, 0.15) is 43.3 Å². The lowest BCUT2D eigenvalue weighted by Gasteiger charge is -2.21. The summed E-state index contributed by atoms with van der Waals surface area (Å²) in [5.41, 5.74) is 6.85. The highest BCUT2D eigenvalue weighted by Crippen LogP contribution is 2.24. The molecule has 4 heteroatoms. The fourth-order valence-corrected chi connectivity index (χ4v) is 3.50. The minimum atomic E-state index is 0.394. The summed E-state index contributed by atoms with van der Waals surface area (Å²) in [7, 11) is 0. The lowest BCUT2D eigenvalue weighted by atomic mass is 10.1. The molecule has 0 bridgehead atoms. The van der Waals surface area contributed by atoms with E-state index in [0.717, 1.165) is 6.42 Å². The Labute approximate surface area is 108 Å². The quantitative estimate of drug-likeness (QED) is 0.875. The predicted octanol–water partition coefficient (Wildman–Crippen LogP) is 2.23. The minimum absolute atomic E-state index is 0.394. The Bertz CT molecular complexity index is 350. The van der Waals surface area contributed by atoms with Crippen LogP contribution in [0.15, 0.2) is 5.38 Å². The Hall–Kier alpha value is -0.450. The molecule has 0 aliphatic carbocycles. The van der Waals surface area contributed by atoms with Gasteiger partial charge in [-0.25, -0.2) is 4.98 Å². The summed E-state index contributed by atoms with van der Waals surface area (Å²) in [5, 5.41) is 3.46. The van der Waals surface area contributed by atoms with E-state index in [1.54, 1.807) is 11.3 Å². The Morgan fingerprint density at radius 3 is 3.18 bits per heavy atom. The molecule has 3 nitrogen and oxygen atoms in total. The third-order valence-corrected chi connectivity index (χ3v) is 4.63. The summed E-state index contributed by atoms with van der Waals surface area (Å²) < 4.78 is 0. The van der Waals surface area contributed by atoms with Gasteiger partial charge < -0.3 is 10.6 Å². The number of aromatic nitrogens is 1. The van der Waals surface area contributed by atoms with Gasteiger partial charge in [0.05, 0.1) is 10.7 Å². The van der Waals surface area contributed by atoms with Crippen LogP contribution in [-0.4, -0.2) is 35.6 Å². The summed E-state index contributed by atoms with van der Waals surface area (Å²) in [6, 6.07) is 0.715. The zero-order valence-electron chi connectivity index (χ0n) is 10.9. The molecule has 17 heavy (non-hydrogen) atoms. The molecule has 2 N–H and O–H groups in total. The summed E-state index contributed by atoms with van der Waals surface area (Å²) in [4.78, 5) is 7.30. The molecule has 0 amide bonds. The van der Waals surface area contributed by atoms with E-state index in [-0.39, 0.29) is 0 Å². The van der Waals surface area contributed by atoms with Crippen LogP contribution >= 0.6 is 11.3 Å². The van der Waals surface area contributed by atoms with E-state index in [9.17, 15) is 0 Å². The average Bonchev–Trinajstić information content (AvgIpc) is 2.97. The van der Waals surface area contributed by atoms with E-state index >= 15 is 0 Å². The molecule has 1 fully saturated rings. The first-order valence-electron chi connectivity index (χ1n) is 6.63. The third-order valence-electron chi connectivity index (χ3n) is 3.74. The summed E-state index contributed by atoms with van der Waals surface area (Å²) in [6.07, 6.45) is 3.79. The van der Waals surface area contributed by atoms with Crippen molar-refractivity contribution in [2.24, 2.45) is 5.73 Å². The molecule has 1 saturated heterocycles. The van der Waals surface area contributed by atoms with Crippen molar-refractivity contribution in [2.45, 2.75) is 45.1 Å². The molecule has 1 aromatic heterocycles. The van der Waals surface area contributed by atoms with Gasteiger partial charge in [0.2, 0.25) is 0 Å². The van der Waals surface area contributed by atoms with Crippen LogP contribution in [0.25, 0.3) is 0 Å². The van der Waals surface area contributed by atoms with Gasteiger partial charge in [0.25, 0.3) is 0 Å². The number of nitrogens with zero attached hydrogens (tertiary/aromatic N) is 2. The van der Waals surface area contributed by atoms with E-state index in [4.69, 9.17) is 10.7 Å². The number of rotatable bonds is 5. The monoisotopic (exact) mass is 253 g/mol. The Kier molecular flexibility index (Phi) is 4.54. The fraction of sp³-hybridized carbons (Fsp3) is 0.769. The SMILES string of the molecule is CCN1CCCC1Cc1nc(C(C)CN)cs1. The molecule has 0 saturated carbocycles. The first-order valence-corrected chi connectivity index (χ1v) is 7.51. The molecule has 2 atom stereocenters. The highest BCUT2D eigenvalue weighted by atomic mass is 32.1. The number of hydrogen-bond acceptors (Lipinski definition) is 4. The van der Waals surface area contributed by atoms with Gasteiger partial charge in [-0.05, 0) is 25.9 Å². The lowest BCUT2D eigenvalue weighted by Crippen LogP contribution is -2.30. The maximum absolute atomic E-state index is 5.68. The average molecular weight is 253 g/mol. The molecule has 96 valence electrons. The normalized spacial score (nSPS) is 23.1. The van der Waals surface area contributed by atoms with Gasteiger partial charge in [-0.2, -0.15) is 0 Å². The molecule has 1 aliphatic rings. The molecule has 2 heterocycles. The minimum Gasteiger partial charge on any atom is -0.330 e. The molecule has 2 rings (SSSR count). The topological polar surface area (TPSA) is 42.2 Å². The Morgan fingerprint density at radius 1 is 1.65 bits per heavy atom. The second-order valence-electron chi connectivity index (χ2n) is 4.93. The number of nitrogens with two attached hydrogens (primary N) is 1. The second-order valence-corrected chi connectivity index (χ2v) is 5.87. The number of thiazole rings is 1. The molecule has 0 radical (unpaired) electrons. The van der Waals surface area contributed by atoms with E-state index in [1.807, 2.05) is 0 Å². The van der Waals surface area contributed by atoms with E-state index in [2.05, 4.69) is 24.1 Å². The maximum Gasteiger partial charge on any atom is 0.0943 e. The largest absolute Gasteiger partial charge is 0.330 e. The van der Waals surface area contributed by atoms with E-state index in [1.165, 1.54) is 36.6 Å². The zero-order chi connectivity index (χ0) is 12.3. The number of hydrogen-bond donors (Lipinski definition) is 1. The van der Waals surface area contributed by atoms with Gasteiger partial charge in [0, 0.05) is 30.3 Å². The van der Waals surface area contributed by atoms with Crippen LogP contribution in [0, 0.1) is 0 Å². The van der Waals surface area contributed by atoms with Gasteiger partial charge >= 0.3 is 0 Å². The van der Waals surface area contributed by atoms with Crippen LogP contribution in [0.4, 0.5) is 0 Å². The van der Waals surface area contributed by atoms with Crippen molar-refractivity contribution in [2.75, 3.05) is 19.6 Å². The van der Waals surface area contributed by atoms with Crippen LogP contribution in [0.3, 0.4) is 0 Å². The van der Waals surface area contributed by atoms with Crippen molar-refractivity contribution in [3.63, 3.8) is 0 Å². The molecule has 1 aromatic rings.